The van der Waals surface area contributed by atoms with E-state index in [-0.39, 0.29) is 17.0 Å². The van der Waals surface area contributed by atoms with E-state index in [1.807, 2.05) is 60.7 Å². The Morgan fingerprint density at radius 2 is 1.56 bits per heavy atom. The fraction of sp³-hybridized carbons (Fsp3) is 0. The monoisotopic (exact) mass is 537 g/mol. The van der Waals surface area contributed by atoms with E-state index < -0.39 is 5.91 Å². The van der Waals surface area contributed by atoms with Gasteiger partial charge >= 0.3 is 0 Å². The minimum Gasteiger partial charge on any atom is -0.505 e. The van der Waals surface area contributed by atoms with E-state index in [1.54, 1.807) is 30.3 Å². The average molecular weight is 538 g/mol. The lowest BCUT2D eigenvalue weighted by Gasteiger charge is -2.11. The third-order valence-electron chi connectivity index (χ3n) is 5.63. The Bertz CT molecular complexity index is 1660. The normalized spacial score (nSPS) is 11.6. The number of nitrogen functional groups attached to an aromatic ring is 1. The summed E-state index contributed by atoms with van der Waals surface area (Å²) < 4.78 is 0.841. The van der Waals surface area contributed by atoms with Crippen LogP contribution in [0.5, 0.6) is 5.75 Å². The number of anilines is 1. The Balaban J connectivity index is 1.58. The highest BCUT2D eigenvalue weighted by Crippen LogP contribution is 2.41. The fourth-order valence-electron chi connectivity index (χ4n) is 3.78. The SMILES string of the molecule is Nc1ccc(N=Nc2c(O)c(C(=O)NN=Cc3ccccc3Br)cc3cc4ccccc4cc23)cc1. The first-order valence-electron chi connectivity index (χ1n) is 11.0. The maximum absolute atomic E-state index is 13.0. The van der Waals surface area contributed by atoms with Crippen LogP contribution in [0.1, 0.15) is 15.9 Å². The highest BCUT2D eigenvalue weighted by Gasteiger charge is 2.19. The van der Waals surface area contributed by atoms with Crippen LogP contribution in [0.2, 0.25) is 0 Å². The standard InChI is InChI=1S/C28H20BrN5O2/c29-25-8-4-3-7-19(25)16-31-34-28(36)24-15-20-13-17-5-1-2-6-18(17)14-23(20)26(27(24)35)33-32-22-11-9-21(30)10-12-22/h1-16,35H,30H2,(H,34,36). The molecule has 5 aromatic rings. The van der Waals surface area contributed by atoms with E-state index in [1.165, 1.54) is 6.21 Å². The van der Waals surface area contributed by atoms with E-state index in [2.05, 4.69) is 36.7 Å². The lowest BCUT2D eigenvalue weighted by atomic mass is 9.99. The minimum atomic E-state index is -0.574. The molecule has 0 atom stereocenters. The molecule has 1 amide bonds. The number of carbonyl (C=O) groups excluding carboxylic acids is 1. The third kappa shape index (κ3) is 4.80. The molecule has 5 aromatic carbocycles. The molecule has 0 unspecified atom stereocenters. The van der Waals surface area contributed by atoms with E-state index in [0.29, 0.717) is 16.8 Å². The Morgan fingerprint density at radius 3 is 2.31 bits per heavy atom. The van der Waals surface area contributed by atoms with Crippen molar-refractivity contribution in [3.05, 3.63) is 107 Å². The Kier molecular flexibility index (Phi) is 6.42. The number of phenolic OH excluding ortho intramolecular Hbond substituents is 1. The van der Waals surface area contributed by atoms with Crippen molar-refractivity contribution in [3.8, 4) is 5.75 Å². The van der Waals surface area contributed by atoms with Crippen LogP contribution in [0.4, 0.5) is 17.1 Å². The lowest BCUT2D eigenvalue weighted by Crippen LogP contribution is -2.17. The van der Waals surface area contributed by atoms with E-state index >= 15 is 0 Å². The average Bonchev–Trinajstić information content (AvgIpc) is 2.89. The summed E-state index contributed by atoms with van der Waals surface area (Å²) in [5.74, 6) is -0.861. The summed E-state index contributed by atoms with van der Waals surface area (Å²) in [6.07, 6.45) is 1.52. The molecular formula is C28H20BrN5O2. The Labute approximate surface area is 215 Å². The molecule has 0 fully saturated rings. The topological polar surface area (TPSA) is 112 Å². The smallest absolute Gasteiger partial charge is 0.275 e. The maximum atomic E-state index is 13.0. The molecule has 8 heteroatoms. The van der Waals surface area contributed by atoms with Gasteiger partial charge in [0.1, 0.15) is 5.69 Å². The number of benzene rings is 5. The number of hydrazone groups is 1. The predicted octanol–water partition coefficient (Wildman–Crippen LogP) is 7.22. The number of nitrogens with two attached hydrogens (primary N) is 1. The van der Waals surface area contributed by atoms with E-state index in [0.717, 1.165) is 26.2 Å². The summed E-state index contributed by atoms with van der Waals surface area (Å²) in [6.45, 7) is 0. The van der Waals surface area contributed by atoms with Crippen molar-refractivity contribution in [2.75, 3.05) is 5.73 Å². The number of hydrogen-bond acceptors (Lipinski definition) is 6. The van der Waals surface area contributed by atoms with Crippen molar-refractivity contribution >= 4 is 66.7 Å². The number of nitrogens with one attached hydrogen (secondary N) is 1. The van der Waals surface area contributed by atoms with Crippen molar-refractivity contribution in [2.45, 2.75) is 0 Å². The first-order chi connectivity index (χ1) is 17.5. The second-order valence-electron chi connectivity index (χ2n) is 8.05. The van der Waals surface area contributed by atoms with Crippen LogP contribution in [0, 0.1) is 0 Å². The molecule has 36 heavy (non-hydrogen) atoms. The molecule has 7 nitrogen and oxygen atoms in total. The zero-order chi connectivity index (χ0) is 25.1. The number of phenols is 1. The number of fused-ring (bicyclic) bond motifs is 2. The predicted molar refractivity (Wildman–Crippen MR) is 147 cm³/mol. The summed E-state index contributed by atoms with van der Waals surface area (Å²) >= 11 is 3.44. The molecule has 0 aliphatic carbocycles. The van der Waals surface area contributed by atoms with Crippen LogP contribution in [-0.2, 0) is 0 Å². The first kappa shape index (κ1) is 23.2. The molecule has 0 bridgehead atoms. The third-order valence-corrected chi connectivity index (χ3v) is 6.35. The van der Waals surface area contributed by atoms with Gasteiger partial charge in [-0.2, -0.15) is 10.2 Å². The molecule has 0 spiro atoms. The van der Waals surface area contributed by atoms with Gasteiger partial charge in [-0.1, -0.05) is 58.4 Å². The summed E-state index contributed by atoms with van der Waals surface area (Å²) in [7, 11) is 0. The Hall–Kier alpha value is -4.56. The molecule has 0 aromatic heterocycles. The number of halogens is 1. The van der Waals surface area contributed by atoms with Crippen LogP contribution in [0.3, 0.4) is 0 Å². The van der Waals surface area contributed by atoms with Crippen molar-refractivity contribution in [2.24, 2.45) is 15.3 Å². The molecule has 0 saturated heterocycles. The van der Waals surface area contributed by atoms with Crippen molar-refractivity contribution in [1.29, 1.82) is 0 Å². The number of aromatic hydroxyl groups is 1. The van der Waals surface area contributed by atoms with Crippen LogP contribution in [0.15, 0.2) is 111 Å². The number of hydrogen-bond donors (Lipinski definition) is 3. The summed E-state index contributed by atoms with van der Waals surface area (Å²) in [5.41, 5.74) is 10.4. The van der Waals surface area contributed by atoms with Gasteiger partial charge in [-0.05, 0) is 64.7 Å². The number of amides is 1. The second kappa shape index (κ2) is 9.97. The molecule has 0 radical (unpaired) electrons. The molecule has 176 valence electrons. The number of azo groups is 1. The number of nitrogens with zero attached hydrogens (tertiary/aromatic N) is 3. The van der Waals surface area contributed by atoms with Crippen molar-refractivity contribution < 1.29 is 9.90 Å². The highest BCUT2D eigenvalue weighted by atomic mass is 79.9. The highest BCUT2D eigenvalue weighted by molar-refractivity contribution is 9.10. The van der Waals surface area contributed by atoms with Gasteiger partial charge in [-0.15, -0.1) is 5.11 Å². The van der Waals surface area contributed by atoms with E-state index in [9.17, 15) is 9.90 Å². The van der Waals surface area contributed by atoms with Crippen LogP contribution < -0.4 is 11.2 Å². The van der Waals surface area contributed by atoms with Gasteiger partial charge in [0.05, 0.1) is 17.5 Å². The van der Waals surface area contributed by atoms with Crippen LogP contribution in [-0.4, -0.2) is 17.2 Å². The molecular weight excluding hydrogens is 518 g/mol. The maximum Gasteiger partial charge on any atom is 0.275 e. The minimum absolute atomic E-state index is 0.0355. The van der Waals surface area contributed by atoms with Gasteiger partial charge < -0.3 is 10.8 Å². The molecule has 4 N–H and O–H groups in total. The second-order valence-corrected chi connectivity index (χ2v) is 8.91. The number of carbonyl (C=O) groups is 1. The summed E-state index contributed by atoms with van der Waals surface area (Å²) in [5, 5.41) is 27.1. The van der Waals surface area contributed by atoms with Gasteiger partial charge in [-0.25, -0.2) is 5.43 Å². The largest absolute Gasteiger partial charge is 0.505 e. The van der Waals surface area contributed by atoms with Crippen LogP contribution in [0.25, 0.3) is 21.5 Å². The molecule has 0 heterocycles. The summed E-state index contributed by atoms with van der Waals surface area (Å²) in [4.78, 5) is 13.0. The van der Waals surface area contributed by atoms with Gasteiger partial charge in [0.15, 0.2) is 5.75 Å². The zero-order valence-electron chi connectivity index (χ0n) is 18.9. The summed E-state index contributed by atoms with van der Waals surface area (Å²) in [6, 6.07) is 27.7. The zero-order valence-corrected chi connectivity index (χ0v) is 20.5. The van der Waals surface area contributed by atoms with Crippen molar-refractivity contribution in [3.63, 3.8) is 0 Å². The molecule has 0 saturated carbocycles. The van der Waals surface area contributed by atoms with Crippen molar-refractivity contribution in [1.82, 2.24) is 5.43 Å². The van der Waals surface area contributed by atoms with Gasteiger partial charge in [-0.3, -0.25) is 4.79 Å². The Morgan fingerprint density at radius 1 is 0.861 bits per heavy atom. The van der Waals surface area contributed by atoms with E-state index in [4.69, 9.17) is 5.73 Å². The molecule has 5 rings (SSSR count). The van der Waals surface area contributed by atoms with Gasteiger partial charge in [0, 0.05) is 21.1 Å². The van der Waals surface area contributed by atoms with Gasteiger partial charge in [0.2, 0.25) is 0 Å². The van der Waals surface area contributed by atoms with Gasteiger partial charge in [0.25, 0.3) is 5.91 Å². The quantitative estimate of drug-likeness (QED) is 0.0722. The molecule has 0 aliphatic rings. The lowest BCUT2D eigenvalue weighted by molar-refractivity contribution is 0.0952. The number of rotatable bonds is 5. The fourth-order valence-corrected chi connectivity index (χ4v) is 4.17. The van der Waals surface area contributed by atoms with Crippen LogP contribution >= 0.6 is 15.9 Å². The first-order valence-corrected chi connectivity index (χ1v) is 11.8. The molecule has 0 aliphatic heterocycles.